The van der Waals surface area contributed by atoms with Crippen molar-refractivity contribution in [2.75, 3.05) is 46.6 Å². The minimum Gasteiger partial charge on any atom is -0.383 e. The van der Waals surface area contributed by atoms with E-state index < -0.39 is 0 Å². The molecule has 1 atom stereocenters. The number of aryl methyl sites for hydroxylation is 1. The normalized spacial score (nSPS) is 15.8. The van der Waals surface area contributed by atoms with E-state index in [0.29, 0.717) is 38.5 Å². The van der Waals surface area contributed by atoms with E-state index in [4.69, 9.17) is 9.47 Å². The number of benzene rings is 1. The van der Waals surface area contributed by atoms with Gasteiger partial charge in [0.25, 0.3) is 11.5 Å². The van der Waals surface area contributed by atoms with Crippen molar-refractivity contribution >= 4 is 5.91 Å². The summed E-state index contributed by atoms with van der Waals surface area (Å²) in [6.07, 6.45) is 1.59. The third kappa shape index (κ3) is 5.76. The van der Waals surface area contributed by atoms with Gasteiger partial charge in [-0.1, -0.05) is 29.8 Å². The molecule has 1 unspecified atom stereocenters. The fraction of sp³-hybridized carbons (Fsp3) is 0.455. The van der Waals surface area contributed by atoms with Gasteiger partial charge in [-0.2, -0.15) is 0 Å². The van der Waals surface area contributed by atoms with Crippen LogP contribution in [0, 0.1) is 6.92 Å². The van der Waals surface area contributed by atoms with Crippen molar-refractivity contribution in [3.63, 3.8) is 0 Å². The second kappa shape index (κ2) is 10.3. The molecule has 2 aromatic rings. The fourth-order valence-electron chi connectivity index (χ4n) is 3.55. The highest BCUT2D eigenvalue weighted by Gasteiger charge is 2.23. The van der Waals surface area contributed by atoms with Crippen molar-refractivity contribution in [1.82, 2.24) is 14.8 Å². The van der Waals surface area contributed by atoms with E-state index in [1.165, 1.54) is 21.8 Å². The van der Waals surface area contributed by atoms with E-state index >= 15 is 0 Å². The summed E-state index contributed by atoms with van der Waals surface area (Å²) >= 11 is 0. The van der Waals surface area contributed by atoms with Crippen molar-refractivity contribution in [3.05, 3.63) is 69.6 Å². The van der Waals surface area contributed by atoms with Gasteiger partial charge in [-0.05, 0) is 18.6 Å². The number of pyridine rings is 1. The maximum Gasteiger partial charge on any atom is 0.252 e. The van der Waals surface area contributed by atoms with Gasteiger partial charge in [0, 0.05) is 45.6 Å². The lowest BCUT2D eigenvalue weighted by atomic mass is 10.0. The second-order valence-electron chi connectivity index (χ2n) is 7.23. The van der Waals surface area contributed by atoms with Gasteiger partial charge in [0.15, 0.2) is 0 Å². The highest BCUT2D eigenvalue weighted by atomic mass is 16.5. The monoisotopic (exact) mass is 399 g/mol. The fourth-order valence-corrected chi connectivity index (χ4v) is 3.55. The number of rotatable bonds is 8. The Labute approximate surface area is 171 Å². The number of morpholine rings is 1. The van der Waals surface area contributed by atoms with E-state index in [9.17, 15) is 9.59 Å². The first-order chi connectivity index (χ1) is 14.1. The molecule has 1 aliphatic heterocycles. The summed E-state index contributed by atoms with van der Waals surface area (Å²) in [4.78, 5) is 27.1. The average Bonchev–Trinajstić information content (AvgIpc) is 2.74. The van der Waals surface area contributed by atoms with Crippen molar-refractivity contribution in [1.29, 1.82) is 0 Å². The molecule has 0 bridgehead atoms. The molecule has 7 heteroatoms. The van der Waals surface area contributed by atoms with Crippen LogP contribution in [0.5, 0.6) is 0 Å². The molecule has 2 heterocycles. The van der Waals surface area contributed by atoms with Crippen molar-refractivity contribution in [2.45, 2.75) is 19.5 Å². The first-order valence-electron chi connectivity index (χ1n) is 9.94. The molecule has 7 nitrogen and oxygen atoms in total. The molecule has 0 saturated carbocycles. The van der Waals surface area contributed by atoms with Crippen LogP contribution in [0.1, 0.15) is 27.5 Å². The van der Waals surface area contributed by atoms with Crippen molar-refractivity contribution < 1.29 is 14.3 Å². The van der Waals surface area contributed by atoms with Crippen LogP contribution in [0.3, 0.4) is 0 Å². The van der Waals surface area contributed by atoms with Crippen LogP contribution in [0.2, 0.25) is 0 Å². The number of methoxy groups -OCH3 is 1. The molecule has 1 N–H and O–H groups in total. The second-order valence-corrected chi connectivity index (χ2v) is 7.23. The Balaban J connectivity index is 1.73. The summed E-state index contributed by atoms with van der Waals surface area (Å²) in [7, 11) is 1.58. The largest absolute Gasteiger partial charge is 0.383 e. The molecule has 0 aliphatic carbocycles. The number of ether oxygens (including phenoxy) is 2. The van der Waals surface area contributed by atoms with Gasteiger partial charge in [-0.25, -0.2) is 0 Å². The van der Waals surface area contributed by atoms with Crippen LogP contribution in [0.25, 0.3) is 0 Å². The topological polar surface area (TPSA) is 72.8 Å². The Morgan fingerprint density at radius 1 is 1.24 bits per heavy atom. The number of hydrogen-bond acceptors (Lipinski definition) is 5. The van der Waals surface area contributed by atoms with E-state index in [-0.39, 0.29) is 17.5 Å². The lowest BCUT2D eigenvalue weighted by Crippen LogP contribution is -2.44. The smallest absolute Gasteiger partial charge is 0.252 e. The summed E-state index contributed by atoms with van der Waals surface area (Å²) < 4.78 is 12.0. The van der Waals surface area contributed by atoms with Gasteiger partial charge in [-0.3, -0.25) is 14.5 Å². The molecule has 1 aromatic carbocycles. The quantitative estimate of drug-likeness (QED) is 0.730. The SMILES string of the molecule is COCCn1cc(C(=O)NCC(c2cccc(C)c2)N2CCOCC2)ccc1=O. The molecular weight excluding hydrogens is 370 g/mol. The Morgan fingerprint density at radius 2 is 2.03 bits per heavy atom. The number of carbonyl (C=O) groups is 1. The maximum absolute atomic E-state index is 12.8. The van der Waals surface area contributed by atoms with Gasteiger partial charge >= 0.3 is 0 Å². The van der Waals surface area contributed by atoms with Crippen LogP contribution in [0.15, 0.2) is 47.4 Å². The Kier molecular flexibility index (Phi) is 7.57. The molecule has 1 fully saturated rings. The molecule has 0 spiro atoms. The number of nitrogens with one attached hydrogen (secondary N) is 1. The van der Waals surface area contributed by atoms with Crippen LogP contribution < -0.4 is 10.9 Å². The highest BCUT2D eigenvalue weighted by Crippen LogP contribution is 2.22. The number of carbonyl (C=O) groups excluding carboxylic acids is 1. The summed E-state index contributed by atoms with van der Waals surface area (Å²) in [5, 5.41) is 3.05. The van der Waals surface area contributed by atoms with Crippen LogP contribution in [0.4, 0.5) is 0 Å². The van der Waals surface area contributed by atoms with Gasteiger partial charge in [-0.15, -0.1) is 0 Å². The molecule has 156 valence electrons. The summed E-state index contributed by atoms with van der Waals surface area (Å²) in [5.74, 6) is -0.193. The lowest BCUT2D eigenvalue weighted by Gasteiger charge is -2.35. The predicted octanol–water partition coefficient (Wildman–Crippen LogP) is 1.61. The molecule has 1 saturated heterocycles. The zero-order valence-electron chi connectivity index (χ0n) is 17.1. The summed E-state index contributed by atoms with van der Waals surface area (Å²) in [6, 6.07) is 11.4. The Bertz CT molecular complexity index is 874. The maximum atomic E-state index is 12.8. The number of amides is 1. The summed E-state index contributed by atoms with van der Waals surface area (Å²) in [6.45, 7) is 6.43. The van der Waals surface area contributed by atoms with E-state index in [1.54, 1.807) is 19.4 Å². The van der Waals surface area contributed by atoms with Gasteiger partial charge in [0.05, 0.1) is 31.4 Å². The zero-order chi connectivity index (χ0) is 20.6. The summed E-state index contributed by atoms with van der Waals surface area (Å²) in [5.41, 5.74) is 2.68. The lowest BCUT2D eigenvalue weighted by molar-refractivity contribution is 0.0162. The molecule has 3 rings (SSSR count). The van der Waals surface area contributed by atoms with Gasteiger partial charge < -0.3 is 19.4 Å². The number of aromatic nitrogens is 1. The zero-order valence-corrected chi connectivity index (χ0v) is 17.1. The van der Waals surface area contributed by atoms with Gasteiger partial charge in [0.1, 0.15) is 0 Å². The van der Waals surface area contributed by atoms with Crippen molar-refractivity contribution in [2.24, 2.45) is 0 Å². The number of hydrogen-bond donors (Lipinski definition) is 1. The molecular formula is C22H29N3O4. The first kappa shape index (κ1) is 21.2. The average molecular weight is 399 g/mol. The predicted molar refractivity (Wildman–Crippen MR) is 111 cm³/mol. The van der Waals surface area contributed by atoms with Crippen molar-refractivity contribution in [3.8, 4) is 0 Å². The van der Waals surface area contributed by atoms with Crippen LogP contribution in [-0.2, 0) is 16.0 Å². The van der Waals surface area contributed by atoms with Crippen LogP contribution in [-0.4, -0.2) is 61.9 Å². The Morgan fingerprint density at radius 3 is 2.76 bits per heavy atom. The highest BCUT2D eigenvalue weighted by molar-refractivity contribution is 5.93. The molecule has 1 aliphatic rings. The van der Waals surface area contributed by atoms with E-state index in [0.717, 1.165) is 13.1 Å². The molecule has 1 amide bonds. The minimum absolute atomic E-state index is 0.0714. The van der Waals surface area contributed by atoms with E-state index in [1.807, 2.05) is 6.07 Å². The third-order valence-electron chi connectivity index (χ3n) is 5.15. The van der Waals surface area contributed by atoms with E-state index in [2.05, 4.69) is 35.3 Å². The minimum atomic E-state index is -0.193. The number of nitrogens with zero attached hydrogens (tertiary/aromatic N) is 2. The first-order valence-corrected chi connectivity index (χ1v) is 9.94. The molecule has 0 radical (unpaired) electrons. The standard InChI is InChI=1S/C22H29N3O4/c1-17-4-3-5-18(14-17)20(24-9-12-29-13-10-24)15-23-22(27)19-6-7-21(26)25(16-19)8-11-28-2/h3-7,14,16,20H,8-13,15H2,1-2H3,(H,23,27). The molecule has 1 aromatic heterocycles. The Hall–Kier alpha value is -2.48. The van der Waals surface area contributed by atoms with Gasteiger partial charge in [0.2, 0.25) is 0 Å². The molecule has 29 heavy (non-hydrogen) atoms. The van der Waals surface area contributed by atoms with Crippen LogP contribution >= 0.6 is 0 Å². The third-order valence-corrected chi connectivity index (χ3v) is 5.15.